The molecule has 11 atom stereocenters. The molecule has 0 heterocycles. The first-order chi connectivity index (χ1) is 16.3. The highest BCUT2D eigenvalue weighted by Crippen LogP contribution is 2.77. The number of aliphatic carboxylic acids is 1. The Labute approximate surface area is 212 Å². The molecule has 196 valence electrons. The molecular weight excluding hydrogens is 436 g/mol. The van der Waals surface area contributed by atoms with Crippen molar-refractivity contribution >= 4 is 5.97 Å². The fourth-order valence-corrected chi connectivity index (χ4v) is 11.3. The Kier molecular flexibility index (Phi) is 5.78. The van der Waals surface area contributed by atoms with E-state index in [1.165, 1.54) is 5.57 Å². The molecule has 5 rings (SSSR count). The predicted octanol–water partition coefficient (Wildman–Crippen LogP) is 6.49. The number of allylic oxidation sites excluding steroid dienone is 2. The zero-order valence-electron chi connectivity index (χ0n) is 22.9. The van der Waals surface area contributed by atoms with Crippen molar-refractivity contribution in [1.82, 2.24) is 0 Å². The van der Waals surface area contributed by atoms with Crippen molar-refractivity contribution in [2.75, 3.05) is 13.7 Å². The molecular formula is C31H48O4. The number of methoxy groups -OCH3 is 1. The van der Waals surface area contributed by atoms with Crippen molar-refractivity contribution in [1.29, 1.82) is 0 Å². The van der Waals surface area contributed by atoms with Crippen LogP contribution in [0.2, 0.25) is 0 Å². The van der Waals surface area contributed by atoms with Gasteiger partial charge in [0.2, 0.25) is 0 Å². The molecule has 0 aliphatic heterocycles. The van der Waals surface area contributed by atoms with E-state index in [1.807, 2.05) is 0 Å². The molecule has 0 amide bonds. The van der Waals surface area contributed by atoms with Crippen molar-refractivity contribution in [3.63, 3.8) is 0 Å². The van der Waals surface area contributed by atoms with Crippen LogP contribution in [-0.2, 0) is 9.53 Å². The molecule has 4 fully saturated rings. The number of hydrogen-bond acceptors (Lipinski definition) is 3. The lowest BCUT2D eigenvalue weighted by molar-refractivity contribution is -0.231. The number of carbonyl (C=O) groups is 1. The molecule has 4 saturated carbocycles. The standard InChI is InChI=1S/C31H48O4/c1-19(2)20-10-15-31(26(33)34)17-16-29(5)21(25(20)31)8-9-23-27(3)13-12-24(32)28(4,18-35-7)22(27)11-14-30(23,29)6/h12-13,20-25,32H,1,8-11,14-18H2,2-7H3,(H,33,34)/t20-,21+,22+,23+,24-,25+,27-,28-,29+,30+,31-/m0/s1. The molecule has 0 radical (unpaired) electrons. The summed E-state index contributed by atoms with van der Waals surface area (Å²) in [4.78, 5) is 12.8. The van der Waals surface area contributed by atoms with Gasteiger partial charge in [-0.15, -0.1) is 0 Å². The molecule has 0 aromatic carbocycles. The number of aliphatic hydroxyl groups is 1. The lowest BCUT2D eigenvalue weighted by Gasteiger charge is -2.71. The Hall–Kier alpha value is -1.13. The molecule has 2 N–H and O–H groups in total. The largest absolute Gasteiger partial charge is 0.481 e. The third-order valence-corrected chi connectivity index (χ3v) is 13.2. The van der Waals surface area contributed by atoms with Gasteiger partial charge in [0.25, 0.3) is 0 Å². The van der Waals surface area contributed by atoms with Gasteiger partial charge in [0.15, 0.2) is 0 Å². The average Bonchev–Trinajstić information content (AvgIpc) is 3.19. The molecule has 0 aromatic rings. The van der Waals surface area contributed by atoms with E-state index in [-0.39, 0.29) is 27.6 Å². The zero-order valence-corrected chi connectivity index (χ0v) is 22.9. The van der Waals surface area contributed by atoms with E-state index in [1.54, 1.807) is 7.11 Å². The summed E-state index contributed by atoms with van der Waals surface area (Å²) in [6.45, 7) is 16.8. The van der Waals surface area contributed by atoms with Crippen LogP contribution in [-0.4, -0.2) is 36.0 Å². The van der Waals surface area contributed by atoms with E-state index < -0.39 is 17.5 Å². The second-order valence-electron chi connectivity index (χ2n) is 14.3. The van der Waals surface area contributed by atoms with Crippen molar-refractivity contribution in [2.45, 2.75) is 92.1 Å². The Morgan fingerprint density at radius 2 is 1.71 bits per heavy atom. The summed E-state index contributed by atoms with van der Waals surface area (Å²) < 4.78 is 5.67. The highest BCUT2D eigenvalue weighted by atomic mass is 16.5. The highest BCUT2D eigenvalue weighted by molar-refractivity contribution is 5.76. The number of fused-ring (bicyclic) bond motifs is 7. The molecule has 0 unspecified atom stereocenters. The number of ether oxygens (including phenoxy) is 1. The van der Waals surface area contributed by atoms with E-state index in [9.17, 15) is 15.0 Å². The molecule has 4 nitrogen and oxygen atoms in total. The number of carboxylic acids is 1. The molecule has 0 saturated heterocycles. The summed E-state index contributed by atoms with van der Waals surface area (Å²) in [6.07, 6.45) is 12.0. The van der Waals surface area contributed by atoms with Crippen LogP contribution >= 0.6 is 0 Å². The minimum absolute atomic E-state index is 0.0122. The smallest absolute Gasteiger partial charge is 0.309 e. The van der Waals surface area contributed by atoms with Gasteiger partial charge in [0.1, 0.15) is 0 Å². The van der Waals surface area contributed by atoms with E-state index in [4.69, 9.17) is 4.74 Å². The Bertz CT molecular complexity index is 940. The van der Waals surface area contributed by atoms with Gasteiger partial charge < -0.3 is 14.9 Å². The van der Waals surface area contributed by atoms with E-state index in [0.717, 1.165) is 51.4 Å². The predicted molar refractivity (Wildman–Crippen MR) is 139 cm³/mol. The average molecular weight is 485 g/mol. The monoisotopic (exact) mass is 484 g/mol. The summed E-state index contributed by atoms with van der Waals surface area (Å²) in [6, 6.07) is 0. The summed E-state index contributed by atoms with van der Waals surface area (Å²) in [5.41, 5.74) is 0.618. The van der Waals surface area contributed by atoms with Crippen LogP contribution in [0, 0.1) is 56.7 Å². The first kappa shape index (κ1) is 25.5. The van der Waals surface area contributed by atoms with Gasteiger partial charge in [-0.1, -0.05) is 52.0 Å². The molecule has 4 heteroatoms. The van der Waals surface area contributed by atoms with Crippen LogP contribution in [0.3, 0.4) is 0 Å². The zero-order chi connectivity index (χ0) is 25.6. The second kappa shape index (κ2) is 7.93. The first-order valence-corrected chi connectivity index (χ1v) is 14.1. The number of aliphatic hydroxyl groups excluding tert-OH is 1. The van der Waals surface area contributed by atoms with Gasteiger partial charge in [-0.25, -0.2) is 0 Å². The highest BCUT2D eigenvalue weighted by Gasteiger charge is 2.71. The van der Waals surface area contributed by atoms with Gasteiger partial charge in [-0.05, 0) is 104 Å². The third-order valence-electron chi connectivity index (χ3n) is 13.2. The second-order valence-corrected chi connectivity index (χ2v) is 14.3. The van der Waals surface area contributed by atoms with Crippen molar-refractivity contribution < 1.29 is 19.7 Å². The van der Waals surface area contributed by atoms with Crippen molar-refractivity contribution in [2.24, 2.45) is 56.7 Å². The van der Waals surface area contributed by atoms with Crippen molar-refractivity contribution in [3.8, 4) is 0 Å². The maximum atomic E-state index is 12.8. The maximum absolute atomic E-state index is 12.8. The number of carboxylic acid groups (broad SMARTS) is 1. The number of hydrogen-bond donors (Lipinski definition) is 2. The van der Waals surface area contributed by atoms with Gasteiger partial charge in [0.05, 0.1) is 18.1 Å². The lowest BCUT2D eigenvalue weighted by Crippen LogP contribution is -2.66. The molecule has 0 aromatic heterocycles. The van der Waals surface area contributed by atoms with Gasteiger partial charge in [-0.3, -0.25) is 4.79 Å². The van der Waals surface area contributed by atoms with Gasteiger partial charge in [-0.2, -0.15) is 0 Å². The minimum Gasteiger partial charge on any atom is -0.481 e. The van der Waals surface area contributed by atoms with Gasteiger partial charge >= 0.3 is 5.97 Å². The van der Waals surface area contributed by atoms with Gasteiger partial charge in [0, 0.05) is 12.5 Å². The van der Waals surface area contributed by atoms with Crippen molar-refractivity contribution in [3.05, 3.63) is 24.3 Å². The summed E-state index contributed by atoms with van der Waals surface area (Å²) in [7, 11) is 1.75. The maximum Gasteiger partial charge on any atom is 0.309 e. The Balaban J connectivity index is 1.57. The van der Waals surface area contributed by atoms with Crippen LogP contribution < -0.4 is 0 Å². The SMILES string of the molecule is C=C(C)[C@@H]1CC[C@]2(C(=O)O)CC[C@]3(C)[C@H](CC[C@@H]4[C@@]5(C)C=C[C@H](O)[C@@](C)(COC)[C@@H]5CC[C@]43C)[C@@H]12. The van der Waals surface area contributed by atoms with Crippen LogP contribution in [0.25, 0.3) is 0 Å². The first-order valence-electron chi connectivity index (χ1n) is 14.1. The molecule has 0 bridgehead atoms. The van der Waals surface area contributed by atoms with Crippen LogP contribution in [0.5, 0.6) is 0 Å². The fraction of sp³-hybridized carbons (Fsp3) is 0.839. The van der Waals surface area contributed by atoms with Crippen LogP contribution in [0.4, 0.5) is 0 Å². The summed E-state index contributed by atoms with van der Waals surface area (Å²) in [5, 5.41) is 21.6. The summed E-state index contributed by atoms with van der Waals surface area (Å²) in [5.74, 6) is 1.32. The fourth-order valence-electron chi connectivity index (χ4n) is 11.3. The van der Waals surface area contributed by atoms with Crippen LogP contribution in [0.1, 0.15) is 86.0 Å². The third kappa shape index (κ3) is 3.02. The molecule has 35 heavy (non-hydrogen) atoms. The Morgan fingerprint density at radius 3 is 2.34 bits per heavy atom. The number of rotatable bonds is 4. The normalized spacial score (nSPS) is 54.8. The minimum atomic E-state index is -0.565. The van der Waals surface area contributed by atoms with E-state index in [2.05, 4.69) is 53.3 Å². The molecule has 0 spiro atoms. The summed E-state index contributed by atoms with van der Waals surface area (Å²) >= 11 is 0. The van der Waals surface area contributed by atoms with E-state index >= 15 is 0 Å². The lowest BCUT2D eigenvalue weighted by atomic mass is 9.33. The molecule has 5 aliphatic carbocycles. The van der Waals surface area contributed by atoms with Crippen LogP contribution in [0.15, 0.2) is 24.3 Å². The Morgan fingerprint density at radius 1 is 1.00 bits per heavy atom. The topological polar surface area (TPSA) is 66.8 Å². The quantitative estimate of drug-likeness (QED) is 0.448. The van der Waals surface area contributed by atoms with E-state index in [0.29, 0.717) is 30.3 Å². The molecule has 5 aliphatic rings.